The molecule has 100 valence electrons. The molecule has 0 spiro atoms. The standard InChI is InChI=1S/C3H7O2P.2Cl3OP/c1-2-4-5-6-3-1;2*1-5(2,3)4/h6H,1-3H2;;. The molecule has 1 aliphatic rings. The van der Waals surface area contributed by atoms with E-state index < -0.39 is 10.4 Å². The first kappa shape index (κ1) is 20.9. The predicted molar refractivity (Wildman–Crippen MR) is 75.2 cm³/mol. The second-order valence-electron chi connectivity index (χ2n) is 1.95. The van der Waals surface area contributed by atoms with E-state index in [4.69, 9.17) is 0 Å². The Morgan fingerprint density at radius 2 is 1.31 bits per heavy atom. The van der Waals surface area contributed by atoms with Gasteiger partial charge in [0.15, 0.2) is 0 Å². The van der Waals surface area contributed by atoms with Crippen LogP contribution in [-0.2, 0) is 18.7 Å². The van der Waals surface area contributed by atoms with Gasteiger partial charge in [0.2, 0.25) is 0 Å². The molecular weight excluding hydrogens is 406 g/mol. The molecule has 4 nitrogen and oxygen atoms in total. The second-order valence-corrected chi connectivity index (χ2v) is 16.2. The minimum Gasteiger partial charge on any atom is -0.271 e. The molecule has 1 unspecified atom stereocenters. The van der Waals surface area contributed by atoms with Crippen molar-refractivity contribution >= 4 is 86.7 Å². The van der Waals surface area contributed by atoms with E-state index in [-0.39, 0.29) is 0 Å². The van der Waals surface area contributed by atoms with Gasteiger partial charge in [-0.05, 0) is 80.0 Å². The van der Waals surface area contributed by atoms with Gasteiger partial charge in [0.05, 0.1) is 15.4 Å². The average molecular weight is 413 g/mol. The van der Waals surface area contributed by atoms with E-state index in [2.05, 4.69) is 77.0 Å². The molecule has 0 N–H and O–H groups in total. The first-order chi connectivity index (χ1) is 7.00. The highest BCUT2D eigenvalue weighted by Crippen LogP contribution is 2.61. The lowest BCUT2D eigenvalue weighted by molar-refractivity contribution is -0.202. The lowest BCUT2D eigenvalue weighted by atomic mass is 10.5. The highest BCUT2D eigenvalue weighted by Gasteiger charge is 2.03. The van der Waals surface area contributed by atoms with E-state index in [0.717, 1.165) is 6.61 Å². The number of rotatable bonds is 0. The minimum absolute atomic E-state index is 0.579. The van der Waals surface area contributed by atoms with Crippen LogP contribution in [0.3, 0.4) is 0 Å². The Hall–Kier alpha value is 2.55. The van der Waals surface area contributed by atoms with Crippen molar-refractivity contribution in [2.75, 3.05) is 12.8 Å². The van der Waals surface area contributed by atoms with Crippen molar-refractivity contribution in [1.29, 1.82) is 0 Å². The molecule has 0 radical (unpaired) electrons. The van der Waals surface area contributed by atoms with E-state index in [1.165, 1.54) is 12.6 Å². The third-order valence-corrected chi connectivity index (χ3v) is 1.42. The van der Waals surface area contributed by atoms with Gasteiger partial charge in [0, 0.05) is 0 Å². The fourth-order valence-electron chi connectivity index (χ4n) is 0.328. The topological polar surface area (TPSA) is 52.6 Å². The number of hydrogen-bond acceptors (Lipinski definition) is 4. The summed E-state index contributed by atoms with van der Waals surface area (Å²) < 4.78 is 23.6. The number of hydrogen-bond donors (Lipinski definition) is 0. The van der Waals surface area contributed by atoms with Crippen LogP contribution in [0.1, 0.15) is 6.42 Å². The smallest absolute Gasteiger partial charge is 0.271 e. The zero-order chi connectivity index (χ0) is 13.2. The summed E-state index contributed by atoms with van der Waals surface area (Å²) in [6, 6.07) is 0. The Morgan fingerprint density at radius 3 is 1.38 bits per heavy atom. The van der Waals surface area contributed by atoms with Crippen LogP contribution < -0.4 is 0 Å². The van der Waals surface area contributed by atoms with Gasteiger partial charge < -0.3 is 0 Å². The fraction of sp³-hybridized carbons (Fsp3) is 1.00. The summed E-state index contributed by atoms with van der Waals surface area (Å²) in [5.74, 6) is 0. The molecule has 0 aliphatic carbocycles. The minimum atomic E-state index is -3.22. The lowest BCUT2D eigenvalue weighted by Gasteiger charge is -2.07. The molecule has 0 saturated carbocycles. The van der Waals surface area contributed by atoms with Crippen molar-refractivity contribution in [3.63, 3.8) is 0 Å². The molecule has 16 heavy (non-hydrogen) atoms. The van der Waals surface area contributed by atoms with E-state index in [0.29, 0.717) is 8.81 Å². The third kappa shape index (κ3) is 54.7. The molecule has 1 rings (SSSR count). The Labute approximate surface area is 124 Å². The Kier molecular flexibility index (Phi) is 14.8. The summed E-state index contributed by atoms with van der Waals surface area (Å²) in [6.07, 6.45) is 2.35. The van der Waals surface area contributed by atoms with E-state index in [1.807, 2.05) is 0 Å². The fourth-order valence-corrected chi connectivity index (χ4v) is 0.867. The molecule has 0 aromatic heterocycles. The van der Waals surface area contributed by atoms with Crippen LogP contribution in [0, 0.1) is 0 Å². The maximum atomic E-state index is 9.51. The van der Waals surface area contributed by atoms with Crippen molar-refractivity contribution in [1.82, 2.24) is 0 Å². The molecule has 1 aliphatic heterocycles. The van der Waals surface area contributed by atoms with Crippen LogP contribution in [0.25, 0.3) is 0 Å². The first-order valence-electron chi connectivity index (χ1n) is 3.39. The Morgan fingerprint density at radius 1 is 0.938 bits per heavy atom. The van der Waals surface area contributed by atoms with Crippen LogP contribution in [0.4, 0.5) is 0 Å². The van der Waals surface area contributed by atoms with Crippen molar-refractivity contribution in [3.05, 3.63) is 0 Å². The zero-order valence-corrected chi connectivity index (χ0v) is 14.7. The van der Waals surface area contributed by atoms with Gasteiger partial charge in [-0.3, -0.25) is 9.13 Å². The van der Waals surface area contributed by atoms with Gasteiger partial charge in [-0.1, -0.05) is 0 Å². The normalized spacial score (nSPS) is 17.9. The van der Waals surface area contributed by atoms with Gasteiger partial charge >= 0.3 is 10.4 Å². The van der Waals surface area contributed by atoms with E-state index in [9.17, 15) is 9.13 Å². The zero-order valence-electron chi connectivity index (χ0n) is 7.42. The molecule has 1 atom stereocenters. The van der Waals surface area contributed by atoms with Gasteiger partial charge in [0.1, 0.15) is 0 Å². The van der Waals surface area contributed by atoms with Gasteiger partial charge in [-0.2, -0.15) is 0 Å². The average Bonchev–Trinajstić information content (AvgIpc) is 2.01. The molecule has 0 amide bonds. The molecule has 13 heteroatoms. The summed E-state index contributed by atoms with van der Waals surface area (Å²) in [4.78, 5) is 4.58. The van der Waals surface area contributed by atoms with Gasteiger partial charge in [-0.15, -0.1) is 0 Å². The van der Waals surface area contributed by atoms with Crippen LogP contribution >= 0.6 is 86.7 Å². The predicted octanol–water partition coefficient (Wildman–Crippen LogP) is 6.55. The molecular formula is C3H7Cl6O4P3. The summed E-state index contributed by atoms with van der Waals surface area (Å²) >= 11 is 27.7. The maximum Gasteiger partial charge on any atom is 0.339 e. The number of halogens is 6. The van der Waals surface area contributed by atoms with Crippen LogP contribution in [0.5, 0.6) is 0 Å². The lowest BCUT2D eigenvalue weighted by Crippen LogP contribution is -1.98. The SMILES string of the molecule is C1COOPC1.O=P(Cl)(Cl)Cl.O=P(Cl)(Cl)Cl. The van der Waals surface area contributed by atoms with Crippen molar-refractivity contribution in [3.8, 4) is 0 Å². The highest BCUT2D eigenvalue weighted by molar-refractivity contribution is 8.25. The van der Waals surface area contributed by atoms with Crippen molar-refractivity contribution in [2.24, 2.45) is 0 Å². The van der Waals surface area contributed by atoms with Gasteiger partial charge in [0.25, 0.3) is 0 Å². The highest BCUT2D eigenvalue weighted by atomic mass is 36.1. The summed E-state index contributed by atoms with van der Waals surface area (Å²) in [5, 5.41) is -6.44. The monoisotopic (exact) mass is 410 g/mol. The molecule has 1 heterocycles. The van der Waals surface area contributed by atoms with Crippen molar-refractivity contribution in [2.45, 2.75) is 6.42 Å². The molecule has 0 bridgehead atoms. The van der Waals surface area contributed by atoms with Crippen molar-refractivity contribution < 1.29 is 18.7 Å². The third-order valence-electron chi connectivity index (χ3n) is 0.624. The molecule has 0 aromatic rings. The van der Waals surface area contributed by atoms with Crippen LogP contribution in [0.2, 0.25) is 0 Å². The molecule has 1 saturated heterocycles. The van der Waals surface area contributed by atoms with E-state index in [1.54, 1.807) is 0 Å². The Balaban J connectivity index is 0. The quantitative estimate of drug-likeness (QED) is 0.334. The summed E-state index contributed by atoms with van der Waals surface area (Å²) in [5.41, 5.74) is 0. The molecule has 1 fully saturated rings. The van der Waals surface area contributed by atoms with E-state index >= 15 is 0 Å². The van der Waals surface area contributed by atoms with Crippen LogP contribution in [-0.4, -0.2) is 12.8 Å². The maximum absolute atomic E-state index is 9.51. The van der Waals surface area contributed by atoms with Crippen LogP contribution in [0.15, 0.2) is 0 Å². The molecule has 0 aromatic carbocycles. The summed E-state index contributed by atoms with van der Waals surface area (Å²) in [7, 11) is 0.579. The van der Waals surface area contributed by atoms with Gasteiger partial charge in [-0.25, -0.2) is 9.56 Å². The second kappa shape index (κ2) is 11.4. The first-order valence-corrected chi connectivity index (χ1v) is 13.4. The Bertz CT molecular complexity index is 199. The summed E-state index contributed by atoms with van der Waals surface area (Å²) in [6.45, 7) is 0.785. The largest absolute Gasteiger partial charge is 0.339 e.